The molecule has 2 rings (SSSR count). The second kappa shape index (κ2) is 13.0. The molecule has 0 spiro atoms. The number of hydrogen-bond donors (Lipinski definition) is 0. The smallest absolute Gasteiger partial charge is 0.379 e. The van der Waals surface area contributed by atoms with Crippen molar-refractivity contribution in [2.75, 3.05) is 57.8 Å². The molecule has 2 saturated heterocycles. The lowest BCUT2D eigenvalue weighted by Crippen LogP contribution is -2.70. The van der Waals surface area contributed by atoms with Gasteiger partial charge in [-0.25, -0.2) is 0 Å². The normalized spacial score (nSPS) is 21.8. The molecule has 232 valence electrons. The molecule has 3 atom stereocenters. The highest BCUT2D eigenvalue weighted by molar-refractivity contribution is 7.99. The van der Waals surface area contributed by atoms with Gasteiger partial charge in [-0.1, -0.05) is 0 Å². The zero-order valence-electron chi connectivity index (χ0n) is 19.9. The fraction of sp³-hybridized carbons (Fsp3) is 1.00. The molecule has 2 fully saturated rings. The van der Waals surface area contributed by atoms with Crippen LogP contribution in [0.4, 0.5) is 57.1 Å². The molecule has 2 aliphatic heterocycles. The first-order valence-corrected chi connectivity index (χ1v) is 12.5. The minimum atomic E-state index is -7.88. The Labute approximate surface area is 218 Å². The molecule has 0 aromatic heterocycles. The number of thioether (sulfide) groups is 1. The molecule has 19 heteroatoms. The van der Waals surface area contributed by atoms with Crippen molar-refractivity contribution < 1.29 is 80.8 Å². The number of epoxide rings is 2. The van der Waals surface area contributed by atoms with Crippen LogP contribution in [0.25, 0.3) is 0 Å². The fourth-order valence-electron chi connectivity index (χ4n) is 2.79. The molecule has 39 heavy (non-hydrogen) atoms. The fourth-order valence-corrected chi connectivity index (χ4v) is 3.71. The van der Waals surface area contributed by atoms with Gasteiger partial charge in [0.1, 0.15) is 18.3 Å². The van der Waals surface area contributed by atoms with Crippen LogP contribution in [0.3, 0.4) is 0 Å². The Hall–Kier alpha value is -0.760. The van der Waals surface area contributed by atoms with Gasteiger partial charge >= 0.3 is 35.8 Å². The Bertz CT molecular complexity index is 761. The number of ether oxygens (including phenoxy) is 5. The monoisotopic (exact) mass is 624 g/mol. The van der Waals surface area contributed by atoms with Crippen molar-refractivity contribution in [1.82, 2.24) is 0 Å². The van der Waals surface area contributed by atoms with E-state index in [1.807, 2.05) is 0 Å². The molecule has 2 aliphatic rings. The summed E-state index contributed by atoms with van der Waals surface area (Å²) in [5, 5.41) is 0. The lowest BCUT2D eigenvalue weighted by molar-refractivity contribution is -0.439. The Kier molecular flexibility index (Phi) is 11.5. The number of rotatable bonds is 20. The predicted octanol–water partition coefficient (Wildman–Crippen LogP) is 5.45. The summed E-state index contributed by atoms with van der Waals surface area (Å²) < 4.78 is 197. The summed E-state index contributed by atoms with van der Waals surface area (Å²) >= 11 is 0.489. The van der Waals surface area contributed by atoms with Gasteiger partial charge in [-0.05, 0) is 17.9 Å². The second-order valence-corrected chi connectivity index (χ2v) is 9.92. The van der Waals surface area contributed by atoms with Crippen LogP contribution in [0, 0.1) is 0 Å². The van der Waals surface area contributed by atoms with Gasteiger partial charge in [0.05, 0.1) is 39.6 Å². The molecule has 0 radical (unpaired) electrons. The van der Waals surface area contributed by atoms with E-state index in [-0.39, 0.29) is 44.2 Å². The highest BCUT2D eigenvalue weighted by Crippen LogP contribution is 2.60. The van der Waals surface area contributed by atoms with Gasteiger partial charge in [0, 0.05) is 13.0 Å². The lowest BCUT2D eigenvalue weighted by atomic mass is 9.93. The van der Waals surface area contributed by atoms with Crippen molar-refractivity contribution in [2.45, 2.75) is 66.9 Å². The Balaban J connectivity index is 1.74. The van der Waals surface area contributed by atoms with Crippen LogP contribution in [0.5, 0.6) is 0 Å². The van der Waals surface area contributed by atoms with E-state index in [1.165, 1.54) is 0 Å². The van der Waals surface area contributed by atoms with Crippen molar-refractivity contribution in [1.29, 1.82) is 0 Å². The van der Waals surface area contributed by atoms with Crippen LogP contribution >= 0.6 is 11.8 Å². The van der Waals surface area contributed by atoms with E-state index in [0.717, 1.165) is 0 Å². The van der Waals surface area contributed by atoms with E-state index in [4.69, 9.17) is 23.7 Å². The third-order valence-electron chi connectivity index (χ3n) is 5.37. The summed E-state index contributed by atoms with van der Waals surface area (Å²) in [7, 11) is 0. The van der Waals surface area contributed by atoms with E-state index in [1.54, 1.807) is 0 Å². The standard InChI is InChI=1S/C20H25F13O5S/c21-15(22,16(23,24)17(25,26)18(27,28)19(29,30)20(31,32)33)2-5-39-4-1-3-34-6-12(36-10-14-11-38-14)7-35-8-13-9-37-13/h12-14H,1-11H2. The largest absolute Gasteiger partial charge is 0.460 e. The number of hydrogen-bond acceptors (Lipinski definition) is 6. The molecule has 2 heterocycles. The van der Waals surface area contributed by atoms with Gasteiger partial charge in [-0.2, -0.15) is 68.8 Å². The molecule has 0 aliphatic carbocycles. The number of alkyl halides is 13. The lowest BCUT2D eigenvalue weighted by Gasteiger charge is -2.39. The predicted molar refractivity (Wildman–Crippen MR) is 108 cm³/mol. The third-order valence-corrected chi connectivity index (χ3v) is 6.44. The van der Waals surface area contributed by atoms with Gasteiger partial charge in [-0.15, -0.1) is 0 Å². The topological polar surface area (TPSA) is 52.8 Å². The van der Waals surface area contributed by atoms with Gasteiger partial charge < -0.3 is 23.7 Å². The van der Waals surface area contributed by atoms with Crippen molar-refractivity contribution >= 4 is 11.8 Å². The zero-order chi connectivity index (χ0) is 29.8. The maximum absolute atomic E-state index is 13.8. The van der Waals surface area contributed by atoms with Crippen LogP contribution < -0.4 is 0 Å². The molecule has 5 nitrogen and oxygen atoms in total. The molecule has 0 N–H and O–H groups in total. The summed E-state index contributed by atoms with van der Waals surface area (Å²) in [6, 6.07) is 0. The summed E-state index contributed by atoms with van der Waals surface area (Å²) in [5.41, 5.74) is 0. The average molecular weight is 624 g/mol. The van der Waals surface area contributed by atoms with Crippen LogP contribution in [0.1, 0.15) is 12.8 Å². The summed E-state index contributed by atoms with van der Waals surface area (Å²) in [6.45, 7) is 2.03. The minimum absolute atomic E-state index is 0.0158. The van der Waals surface area contributed by atoms with Crippen LogP contribution in [-0.2, 0) is 23.7 Å². The van der Waals surface area contributed by atoms with Gasteiger partial charge in [-0.3, -0.25) is 0 Å². The molecule has 0 amide bonds. The van der Waals surface area contributed by atoms with Crippen molar-refractivity contribution in [3.63, 3.8) is 0 Å². The van der Waals surface area contributed by atoms with Crippen molar-refractivity contribution in [3.8, 4) is 0 Å². The summed E-state index contributed by atoms with van der Waals surface area (Å²) in [5.74, 6) is -37.7. The molecular weight excluding hydrogens is 599 g/mol. The van der Waals surface area contributed by atoms with Crippen LogP contribution in [0.15, 0.2) is 0 Å². The van der Waals surface area contributed by atoms with E-state index < -0.39 is 54.1 Å². The van der Waals surface area contributed by atoms with Crippen LogP contribution in [-0.4, -0.2) is 112 Å². The van der Waals surface area contributed by atoms with E-state index in [9.17, 15) is 57.1 Å². The summed E-state index contributed by atoms with van der Waals surface area (Å²) in [4.78, 5) is 0. The van der Waals surface area contributed by atoms with Gasteiger partial charge in [0.15, 0.2) is 0 Å². The summed E-state index contributed by atoms with van der Waals surface area (Å²) in [6.07, 6.45) is -9.99. The molecule has 0 aromatic carbocycles. The first-order valence-electron chi connectivity index (χ1n) is 11.3. The van der Waals surface area contributed by atoms with E-state index in [0.29, 0.717) is 38.2 Å². The highest BCUT2D eigenvalue weighted by atomic mass is 32.2. The van der Waals surface area contributed by atoms with E-state index >= 15 is 0 Å². The Morgan fingerprint density at radius 3 is 1.72 bits per heavy atom. The van der Waals surface area contributed by atoms with Crippen molar-refractivity contribution in [3.05, 3.63) is 0 Å². The molecule has 0 saturated carbocycles. The second-order valence-electron chi connectivity index (χ2n) is 8.69. The first-order chi connectivity index (χ1) is 17.8. The maximum atomic E-state index is 13.8. The maximum Gasteiger partial charge on any atom is 0.460 e. The van der Waals surface area contributed by atoms with Crippen LogP contribution in [0.2, 0.25) is 0 Å². The first kappa shape index (κ1) is 34.4. The average Bonchev–Trinajstić information content (AvgIpc) is 3.72. The Morgan fingerprint density at radius 2 is 1.18 bits per heavy atom. The van der Waals surface area contributed by atoms with Gasteiger partial charge in [0.2, 0.25) is 0 Å². The molecular formula is C20H25F13O5S. The molecule has 3 unspecified atom stereocenters. The number of halogens is 13. The SMILES string of the molecule is FC(F)(F)C(F)(F)C(F)(F)C(F)(F)C(F)(F)C(F)(F)CCSCCCOCC(COCC1CO1)OCC1CO1. The molecule has 0 aromatic rings. The van der Waals surface area contributed by atoms with Gasteiger partial charge in [0.25, 0.3) is 0 Å². The highest BCUT2D eigenvalue weighted by Gasteiger charge is 2.90. The molecule has 0 bridgehead atoms. The van der Waals surface area contributed by atoms with Crippen molar-refractivity contribution in [2.24, 2.45) is 0 Å². The third kappa shape index (κ3) is 8.62. The van der Waals surface area contributed by atoms with E-state index in [2.05, 4.69) is 0 Å². The minimum Gasteiger partial charge on any atom is -0.379 e. The Morgan fingerprint density at radius 1 is 0.667 bits per heavy atom. The quantitative estimate of drug-likeness (QED) is 0.102. The zero-order valence-corrected chi connectivity index (χ0v) is 20.7.